The second kappa shape index (κ2) is 17.7. The van der Waals surface area contributed by atoms with Crippen molar-refractivity contribution in [3.8, 4) is 0 Å². The van der Waals surface area contributed by atoms with E-state index in [1.165, 1.54) is 22.5 Å². The zero-order valence-corrected chi connectivity index (χ0v) is 36.2. The Hall–Kier alpha value is -7.30. The Morgan fingerprint density at radius 1 is 0.419 bits per heavy atom. The fourth-order valence-corrected chi connectivity index (χ4v) is 8.72. The Morgan fingerprint density at radius 3 is 1.29 bits per heavy atom. The van der Waals surface area contributed by atoms with Crippen LogP contribution in [0.2, 0.25) is 0 Å². The van der Waals surface area contributed by atoms with Crippen LogP contribution in [-0.4, -0.2) is 0 Å². The minimum Gasteiger partial charge on any atom is -0.314 e. The van der Waals surface area contributed by atoms with E-state index >= 15 is 0 Å². The highest BCUT2D eigenvalue weighted by atomic mass is 15.2. The zero-order chi connectivity index (χ0) is 42.5. The molecular formula is C58H54N4. The number of benzene rings is 7. The molecule has 0 aromatic heterocycles. The van der Waals surface area contributed by atoms with Crippen molar-refractivity contribution >= 4 is 56.9 Å². The summed E-state index contributed by atoms with van der Waals surface area (Å²) in [6, 6.07) is 67.8. The predicted octanol–water partition coefficient (Wildman–Crippen LogP) is 16.7. The van der Waals surface area contributed by atoms with Crippen LogP contribution in [0, 0.1) is 12.3 Å². The topological polar surface area (TPSA) is 13.0 Å². The predicted molar refractivity (Wildman–Crippen MR) is 264 cm³/mol. The number of nitrogens with zero attached hydrogens (tertiary/aromatic N) is 4. The highest BCUT2D eigenvalue weighted by Gasteiger charge is 2.25. The van der Waals surface area contributed by atoms with Crippen LogP contribution in [0.1, 0.15) is 45.6 Å². The van der Waals surface area contributed by atoms with E-state index in [1.54, 1.807) is 0 Å². The molecule has 306 valence electrons. The number of rotatable bonds is 12. The molecule has 0 atom stereocenters. The normalized spacial score (nSPS) is 14.3. The summed E-state index contributed by atoms with van der Waals surface area (Å²) in [5, 5.41) is 0. The minimum atomic E-state index is 0.0698. The molecule has 0 heterocycles. The van der Waals surface area contributed by atoms with Gasteiger partial charge in [-0.2, -0.15) is 0 Å². The fourth-order valence-electron chi connectivity index (χ4n) is 8.72. The van der Waals surface area contributed by atoms with Crippen LogP contribution in [0.4, 0.5) is 56.9 Å². The lowest BCUT2D eigenvalue weighted by molar-refractivity contribution is 0.467. The molecule has 0 saturated heterocycles. The van der Waals surface area contributed by atoms with Gasteiger partial charge in [-0.25, -0.2) is 0 Å². The monoisotopic (exact) mass is 806 g/mol. The molecule has 7 aromatic rings. The van der Waals surface area contributed by atoms with Crippen molar-refractivity contribution in [2.75, 3.05) is 19.6 Å². The van der Waals surface area contributed by atoms with Gasteiger partial charge in [0.2, 0.25) is 0 Å². The summed E-state index contributed by atoms with van der Waals surface area (Å²) < 4.78 is 0. The molecule has 9 rings (SSSR count). The minimum absolute atomic E-state index is 0.0698. The van der Waals surface area contributed by atoms with Gasteiger partial charge < -0.3 is 19.6 Å². The fraction of sp³-hybridized carbons (Fsp3) is 0.138. The number of allylic oxidation sites excluding steroid dienone is 7. The molecule has 0 N–H and O–H groups in total. The van der Waals surface area contributed by atoms with E-state index in [0.717, 1.165) is 76.1 Å². The summed E-state index contributed by atoms with van der Waals surface area (Å²) in [6.07, 6.45) is 14.5. The van der Waals surface area contributed by atoms with Crippen LogP contribution < -0.4 is 19.6 Å². The quantitative estimate of drug-likeness (QED) is 0.122. The second-order valence-corrected chi connectivity index (χ2v) is 17.1. The van der Waals surface area contributed by atoms with Crippen molar-refractivity contribution in [3.05, 3.63) is 241 Å². The van der Waals surface area contributed by atoms with Crippen LogP contribution in [0.3, 0.4) is 0 Å². The first-order valence-electron chi connectivity index (χ1n) is 21.8. The van der Waals surface area contributed by atoms with Crippen molar-refractivity contribution in [1.82, 2.24) is 0 Å². The second-order valence-electron chi connectivity index (χ2n) is 17.1. The Kier molecular flexibility index (Phi) is 11.5. The number of hydrogen-bond donors (Lipinski definition) is 0. The molecule has 0 aliphatic heterocycles. The molecule has 62 heavy (non-hydrogen) atoms. The lowest BCUT2D eigenvalue weighted by Crippen LogP contribution is -2.23. The third-order valence-corrected chi connectivity index (χ3v) is 11.7. The smallest absolute Gasteiger partial charge is 0.0464 e. The summed E-state index contributed by atoms with van der Waals surface area (Å²) >= 11 is 0. The number of anilines is 10. The summed E-state index contributed by atoms with van der Waals surface area (Å²) in [7, 11) is 0. The van der Waals surface area contributed by atoms with E-state index in [-0.39, 0.29) is 5.41 Å². The Morgan fingerprint density at radius 2 is 0.823 bits per heavy atom. The molecule has 0 bridgehead atoms. The highest BCUT2D eigenvalue weighted by molar-refractivity contribution is 5.83. The van der Waals surface area contributed by atoms with E-state index in [9.17, 15) is 0 Å². The molecule has 4 heteroatoms. The summed E-state index contributed by atoms with van der Waals surface area (Å²) in [5.41, 5.74) is 16.3. The van der Waals surface area contributed by atoms with Gasteiger partial charge in [0.05, 0.1) is 0 Å². The van der Waals surface area contributed by atoms with Crippen LogP contribution in [0.25, 0.3) is 0 Å². The molecule has 0 saturated carbocycles. The van der Waals surface area contributed by atoms with E-state index in [2.05, 4.69) is 266 Å². The van der Waals surface area contributed by atoms with Gasteiger partial charge in [0.15, 0.2) is 0 Å². The third kappa shape index (κ3) is 8.77. The van der Waals surface area contributed by atoms with Crippen LogP contribution in [-0.2, 0) is 0 Å². The Balaban J connectivity index is 1.13. The Labute approximate surface area is 368 Å². The van der Waals surface area contributed by atoms with Crippen LogP contribution in [0.15, 0.2) is 235 Å². The summed E-state index contributed by atoms with van der Waals surface area (Å²) in [5.74, 6) is 0. The van der Waals surface area contributed by atoms with E-state index in [0.29, 0.717) is 0 Å². The summed E-state index contributed by atoms with van der Waals surface area (Å²) in [4.78, 5) is 9.47. The highest BCUT2D eigenvalue weighted by Crippen LogP contribution is 2.43. The van der Waals surface area contributed by atoms with Crippen molar-refractivity contribution in [1.29, 1.82) is 0 Å². The first-order chi connectivity index (χ1) is 30.3. The Bertz CT molecular complexity index is 2730. The number of hydrogen-bond acceptors (Lipinski definition) is 4. The lowest BCUT2D eigenvalue weighted by Gasteiger charge is -2.34. The van der Waals surface area contributed by atoms with Crippen LogP contribution >= 0.6 is 0 Å². The largest absolute Gasteiger partial charge is 0.314 e. The maximum absolute atomic E-state index is 2.40. The molecule has 0 radical (unpaired) electrons. The molecule has 2 aliphatic carbocycles. The third-order valence-electron chi connectivity index (χ3n) is 11.7. The first kappa shape index (κ1) is 40.1. The SMILES string of the molecule is CC1=CC(N(c2ccccc2)c2ccc(N(c3ccc(N(C4=CC=CC(C)(C)C4)c4ccccc4)cc3)c3ccc(N(c4ccccc4)c4cccc(C)c4)cc3)cc2)=CCC1. The van der Waals surface area contributed by atoms with Gasteiger partial charge >= 0.3 is 0 Å². The van der Waals surface area contributed by atoms with Gasteiger partial charge in [-0.1, -0.05) is 104 Å². The average Bonchev–Trinajstić information content (AvgIpc) is 3.29. The first-order valence-corrected chi connectivity index (χ1v) is 21.8. The molecule has 0 amide bonds. The maximum Gasteiger partial charge on any atom is 0.0464 e. The van der Waals surface area contributed by atoms with Gasteiger partial charge in [-0.3, -0.25) is 0 Å². The molecule has 0 unspecified atom stereocenters. The lowest BCUT2D eigenvalue weighted by atomic mass is 9.84. The molecule has 2 aliphatic rings. The molecule has 0 fully saturated rings. The standard InChI is InChI=1S/C58H54N4/c1-44-17-14-25-55(41-44)60(46-19-8-5-9-20-46)52-34-28-49(29-35-52)59(50-30-36-53(37-31-50)61(47-21-10-6-11-22-47)56-26-15-18-45(2)42-56)51-32-38-54(39-33-51)62(48-23-12-7-13-24-48)57-27-16-40-58(3,4)43-57/h5-14,16-17,19-42H,15,18,43H2,1-4H3. The zero-order valence-electron chi connectivity index (χ0n) is 36.2. The van der Waals surface area contributed by atoms with E-state index < -0.39 is 0 Å². The van der Waals surface area contributed by atoms with Crippen molar-refractivity contribution in [3.63, 3.8) is 0 Å². The van der Waals surface area contributed by atoms with E-state index in [4.69, 9.17) is 0 Å². The van der Waals surface area contributed by atoms with Gasteiger partial charge in [-0.05, 0) is 178 Å². The van der Waals surface area contributed by atoms with Gasteiger partial charge in [0.25, 0.3) is 0 Å². The van der Waals surface area contributed by atoms with E-state index in [1.807, 2.05) is 0 Å². The summed E-state index contributed by atoms with van der Waals surface area (Å²) in [6.45, 7) is 8.99. The van der Waals surface area contributed by atoms with Gasteiger partial charge in [-0.15, -0.1) is 0 Å². The van der Waals surface area contributed by atoms with Gasteiger partial charge in [0, 0.05) is 68.3 Å². The van der Waals surface area contributed by atoms with Gasteiger partial charge in [0.1, 0.15) is 0 Å². The van der Waals surface area contributed by atoms with Crippen LogP contribution in [0.5, 0.6) is 0 Å². The molecule has 4 nitrogen and oxygen atoms in total. The molecular weight excluding hydrogens is 753 g/mol. The molecule has 7 aromatic carbocycles. The molecule has 0 spiro atoms. The average molecular weight is 807 g/mol. The maximum atomic E-state index is 2.40. The van der Waals surface area contributed by atoms with Crippen molar-refractivity contribution < 1.29 is 0 Å². The number of para-hydroxylation sites is 3. The van der Waals surface area contributed by atoms with Crippen molar-refractivity contribution in [2.24, 2.45) is 5.41 Å². The number of aryl methyl sites for hydroxylation is 1. The van der Waals surface area contributed by atoms with Crippen molar-refractivity contribution in [2.45, 2.75) is 47.0 Å².